The molecule has 0 aliphatic carbocycles. The van der Waals surface area contributed by atoms with Crippen LogP contribution in [0.25, 0.3) is 0 Å². The van der Waals surface area contributed by atoms with Gasteiger partial charge in [-0.2, -0.15) is 11.8 Å². The zero-order valence-corrected chi connectivity index (χ0v) is 12.9. The van der Waals surface area contributed by atoms with Crippen molar-refractivity contribution in [1.29, 1.82) is 0 Å². The fourth-order valence-corrected chi connectivity index (χ4v) is 3.80. The van der Waals surface area contributed by atoms with Gasteiger partial charge >= 0.3 is 0 Å². The van der Waals surface area contributed by atoms with Gasteiger partial charge in [0, 0.05) is 24.4 Å². The van der Waals surface area contributed by atoms with Crippen LogP contribution in [-0.4, -0.2) is 42.5 Å². The highest BCUT2D eigenvalue weighted by molar-refractivity contribution is 9.10. The molecule has 0 saturated carbocycles. The van der Waals surface area contributed by atoms with Crippen LogP contribution in [0.5, 0.6) is 5.75 Å². The lowest BCUT2D eigenvalue weighted by molar-refractivity contribution is 0.0748. The predicted octanol–water partition coefficient (Wildman–Crippen LogP) is 3.04. The maximum Gasteiger partial charge on any atom is 0.253 e. The Morgan fingerprint density at radius 3 is 2.89 bits per heavy atom. The van der Waals surface area contributed by atoms with E-state index in [9.17, 15) is 4.79 Å². The van der Waals surface area contributed by atoms with E-state index in [0.717, 1.165) is 28.1 Å². The van der Waals surface area contributed by atoms with Gasteiger partial charge in [-0.1, -0.05) is 0 Å². The van der Waals surface area contributed by atoms with Crippen LogP contribution in [0.4, 0.5) is 0 Å². The van der Waals surface area contributed by atoms with Crippen molar-refractivity contribution in [3.05, 3.63) is 28.2 Å². The molecule has 18 heavy (non-hydrogen) atoms. The second-order valence-corrected chi connectivity index (χ2v) is 6.29. The van der Waals surface area contributed by atoms with E-state index in [0.29, 0.717) is 11.6 Å². The molecule has 1 fully saturated rings. The predicted molar refractivity (Wildman–Crippen MR) is 78.5 cm³/mol. The summed E-state index contributed by atoms with van der Waals surface area (Å²) >= 11 is 5.32. The van der Waals surface area contributed by atoms with E-state index < -0.39 is 0 Å². The number of hydrogen-bond acceptors (Lipinski definition) is 3. The number of benzene rings is 1. The van der Waals surface area contributed by atoms with E-state index >= 15 is 0 Å². The van der Waals surface area contributed by atoms with Crippen LogP contribution in [-0.2, 0) is 0 Å². The van der Waals surface area contributed by atoms with Crippen LogP contribution >= 0.6 is 27.7 Å². The zero-order chi connectivity index (χ0) is 13.1. The molecule has 1 saturated heterocycles. The molecular formula is C13H16BrNO2S. The molecule has 1 amide bonds. The second kappa shape index (κ2) is 5.97. The van der Waals surface area contributed by atoms with Gasteiger partial charge in [0.15, 0.2) is 0 Å². The maximum absolute atomic E-state index is 12.3. The van der Waals surface area contributed by atoms with Crippen molar-refractivity contribution in [3.63, 3.8) is 0 Å². The van der Waals surface area contributed by atoms with E-state index in [1.54, 1.807) is 7.11 Å². The molecule has 0 radical (unpaired) electrons. The van der Waals surface area contributed by atoms with Crippen LogP contribution in [0.2, 0.25) is 0 Å². The minimum atomic E-state index is 0.0749. The maximum atomic E-state index is 12.3. The van der Waals surface area contributed by atoms with E-state index in [1.807, 2.05) is 41.9 Å². The molecule has 1 heterocycles. The van der Waals surface area contributed by atoms with Gasteiger partial charge in [-0.25, -0.2) is 0 Å². The normalized spacial score (nSPS) is 18.7. The molecule has 1 aromatic carbocycles. The smallest absolute Gasteiger partial charge is 0.253 e. The standard InChI is InChI=1S/C13H16BrNO2S/c1-15(10-5-6-18-8-10)13(16)9-3-4-12(17-2)11(14)7-9/h3-4,7,10H,5-6,8H2,1-2H3. The Hall–Kier alpha value is -0.680. The fraction of sp³-hybridized carbons (Fsp3) is 0.462. The first-order valence-electron chi connectivity index (χ1n) is 5.82. The highest BCUT2D eigenvalue weighted by Gasteiger charge is 2.24. The number of hydrogen-bond donors (Lipinski definition) is 0. The highest BCUT2D eigenvalue weighted by Crippen LogP contribution is 2.27. The molecule has 5 heteroatoms. The number of ether oxygens (including phenoxy) is 1. The second-order valence-electron chi connectivity index (χ2n) is 4.28. The van der Waals surface area contributed by atoms with Crippen molar-refractivity contribution >= 4 is 33.6 Å². The third kappa shape index (κ3) is 2.83. The molecule has 3 nitrogen and oxygen atoms in total. The first kappa shape index (κ1) is 13.7. The van der Waals surface area contributed by atoms with E-state index in [4.69, 9.17) is 4.74 Å². The van der Waals surface area contributed by atoms with Gasteiger partial charge in [0.2, 0.25) is 0 Å². The summed E-state index contributed by atoms with van der Waals surface area (Å²) < 4.78 is 5.98. The van der Waals surface area contributed by atoms with Gasteiger partial charge in [0.05, 0.1) is 11.6 Å². The van der Waals surface area contributed by atoms with Gasteiger partial charge in [-0.15, -0.1) is 0 Å². The summed E-state index contributed by atoms with van der Waals surface area (Å²) in [6.07, 6.45) is 1.09. The van der Waals surface area contributed by atoms with Gasteiger partial charge in [0.25, 0.3) is 5.91 Å². The summed E-state index contributed by atoms with van der Waals surface area (Å²) in [5, 5.41) is 0. The first-order chi connectivity index (χ1) is 8.63. The molecule has 1 aliphatic rings. The topological polar surface area (TPSA) is 29.5 Å². The highest BCUT2D eigenvalue weighted by atomic mass is 79.9. The molecule has 1 atom stereocenters. The largest absolute Gasteiger partial charge is 0.496 e. The summed E-state index contributed by atoms with van der Waals surface area (Å²) in [6, 6.07) is 5.81. The monoisotopic (exact) mass is 329 g/mol. The van der Waals surface area contributed by atoms with Gasteiger partial charge in [-0.3, -0.25) is 4.79 Å². The van der Waals surface area contributed by atoms with Gasteiger partial charge < -0.3 is 9.64 Å². The molecule has 1 unspecified atom stereocenters. The van der Waals surface area contributed by atoms with Crippen molar-refractivity contribution in [3.8, 4) is 5.75 Å². The Labute approximate surface area is 120 Å². The van der Waals surface area contributed by atoms with Crippen molar-refractivity contribution in [2.75, 3.05) is 25.7 Å². The minimum absolute atomic E-state index is 0.0749. The molecule has 98 valence electrons. The van der Waals surface area contributed by atoms with E-state index in [2.05, 4.69) is 15.9 Å². The summed E-state index contributed by atoms with van der Waals surface area (Å²) in [5.41, 5.74) is 0.696. The zero-order valence-electron chi connectivity index (χ0n) is 10.5. The van der Waals surface area contributed by atoms with Crippen LogP contribution in [0.1, 0.15) is 16.8 Å². The van der Waals surface area contributed by atoms with Gasteiger partial charge in [0.1, 0.15) is 5.75 Å². The summed E-state index contributed by atoms with van der Waals surface area (Å²) in [5.74, 6) is 3.00. The molecule has 2 rings (SSSR count). The van der Waals surface area contributed by atoms with Crippen LogP contribution in [0.3, 0.4) is 0 Å². The number of methoxy groups -OCH3 is 1. The Kier molecular flexibility index (Phi) is 4.56. The van der Waals surface area contributed by atoms with Crippen molar-refractivity contribution in [1.82, 2.24) is 4.90 Å². The lowest BCUT2D eigenvalue weighted by atomic mass is 10.1. The summed E-state index contributed by atoms with van der Waals surface area (Å²) in [7, 11) is 3.50. The third-order valence-electron chi connectivity index (χ3n) is 3.17. The SMILES string of the molecule is COc1ccc(C(=O)N(C)C2CCSC2)cc1Br. The van der Waals surface area contributed by atoms with E-state index in [1.165, 1.54) is 0 Å². The molecule has 0 bridgehead atoms. The quantitative estimate of drug-likeness (QED) is 0.853. The Bertz CT molecular complexity index is 447. The number of halogens is 1. The molecule has 0 N–H and O–H groups in total. The van der Waals surface area contributed by atoms with Crippen molar-refractivity contribution < 1.29 is 9.53 Å². The molecule has 0 spiro atoms. The van der Waals surface area contributed by atoms with Crippen LogP contribution in [0.15, 0.2) is 22.7 Å². The van der Waals surface area contributed by atoms with Crippen molar-refractivity contribution in [2.24, 2.45) is 0 Å². The number of amides is 1. The summed E-state index contributed by atoms with van der Waals surface area (Å²) in [6.45, 7) is 0. The van der Waals surface area contributed by atoms with Crippen LogP contribution < -0.4 is 4.74 Å². The lowest BCUT2D eigenvalue weighted by Gasteiger charge is -2.24. The average Bonchev–Trinajstić information content (AvgIpc) is 2.90. The Morgan fingerprint density at radius 2 is 2.33 bits per heavy atom. The minimum Gasteiger partial charge on any atom is -0.496 e. The number of carbonyl (C=O) groups is 1. The lowest BCUT2D eigenvalue weighted by Crippen LogP contribution is -2.36. The number of carbonyl (C=O) groups excluding carboxylic acids is 1. The first-order valence-corrected chi connectivity index (χ1v) is 7.76. The number of rotatable bonds is 3. The van der Waals surface area contributed by atoms with E-state index in [-0.39, 0.29) is 5.91 Å². The van der Waals surface area contributed by atoms with Crippen molar-refractivity contribution in [2.45, 2.75) is 12.5 Å². The third-order valence-corrected chi connectivity index (χ3v) is 4.94. The molecule has 1 aliphatic heterocycles. The molecular weight excluding hydrogens is 314 g/mol. The average molecular weight is 330 g/mol. The number of nitrogens with zero attached hydrogens (tertiary/aromatic N) is 1. The van der Waals surface area contributed by atoms with Gasteiger partial charge in [-0.05, 0) is 46.3 Å². The number of thioether (sulfide) groups is 1. The molecule has 0 aromatic heterocycles. The Morgan fingerprint density at radius 1 is 1.56 bits per heavy atom. The fourth-order valence-electron chi connectivity index (χ4n) is 2.00. The van der Waals surface area contributed by atoms with Crippen LogP contribution in [0, 0.1) is 0 Å². The Balaban J connectivity index is 2.15. The molecule has 1 aromatic rings. The summed E-state index contributed by atoms with van der Waals surface area (Å²) in [4.78, 5) is 14.2.